The summed E-state index contributed by atoms with van der Waals surface area (Å²) in [6, 6.07) is 5.56. The summed E-state index contributed by atoms with van der Waals surface area (Å²) in [6.45, 7) is 7.51. The molecule has 0 amide bonds. The molecule has 1 N–H and O–H groups in total. The van der Waals surface area contributed by atoms with Crippen LogP contribution in [0, 0.1) is 12.7 Å². The molecular weight excluding hydrogens is 293 g/mol. The molecule has 2 nitrogen and oxygen atoms in total. The van der Waals surface area contributed by atoms with E-state index in [0.717, 1.165) is 16.8 Å². The van der Waals surface area contributed by atoms with Crippen molar-refractivity contribution in [2.45, 2.75) is 45.9 Å². The van der Waals surface area contributed by atoms with Crippen LogP contribution in [0.2, 0.25) is 19.6 Å². The van der Waals surface area contributed by atoms with E-state index in [0.29, 0.717) is 5.69 Å². The van der Waals surface area contributed by atoms with Crippen LogP contribution in [-0.2, 0) is 5.60 Å². The van der Waals surface area contributed by atoms with Crippen LogP contribution in [0.15, 0.2) is 30.5 Å². The number of aromatic nitrogens is 1. The molecule has 0 unspecified atom stereocenters. The fourth-order valence-corrected chi connectivity index (χ4v) is 4.07. The van der Waals surface area contributed by atoms with Crippen molar-refractivity contribution in [1.29, 1.82) is 0 Å². The van der Waals surface area contributed by atoms with E-state index in [1.54, 1.807) is 26.1 Å². The first-order valence-electron chi connectivity index (χ1n) is 8.75. The second kappa shape index (κ2) is 5.59. The molecular formula is C18H24FNOSi. The third-order valence-electron chi connectivity index (χ3n) is 3.62. The predicted molar refractivity (Wildman–Crippen MR) is 92.6 cm³/mol. The third kappa shape index (κ3) is 3.44. The number of pyridine rings is 1. The molecule has 0 saturated carbocycles. The largest absolute Gasteiger partial charge is 0.386 e. The van der Waals surface area contributed by atoms with E-state index in [4.69, 9.17) is 4.11 Å². The average molecular weight is 320 g/mol. The lowest BCUT2D eigenvalue weighted by Crippen LogP contribution is -2.44. The molecule has 0 aliphatic carbocycles. The fourth-order valence-electron chi connectivity index (χ4n) is 2.43. The maximum atomic E-state index is 14.5. The summed E-state index contributed by atoms with van der Waals surface area (Å²) in [5.74, 6) is -0.636. The monoisotopic (exact) mass is 320 g/mol. The summed E-state index contributed by atoms with van der Waals surface area (Å²) < 4.78 is 36.6. The molecule has 1 aromatic heterocycles. The highest BCUT2D eigenvalue weighted by atomic mass is 28.3. The number of hydrogen-bond acceptors (Lipinski definition) is 2. The van der Waals surface area contributed by atoms with Crippen molar-refractivity contribution in [3.8, 4) is 11.3 Å². The molecule has 118 valence electrons. The van der Waals surface area contributed by atoms with Crippen LogP contribution >= 0.6 is 0 Å². The smallest absolute Gasteiger partial charge is 0.132 e. The lowest BCUT2D eigenvalue weighted by atomic mass is 9.97. The first-order valence-corrected chi connectivity index (χ1v) is 10.7. The van der Waals surface area contributed by atoms with E-state index >= 15 is 0 Å². The first-order chi connectivity index (χ1) is 11.2. The number of hydrogen-bond donors (Lipinski definition) is 1. The molecule has 1 aromatic carbocycles. The Kier molecular flexibility index (Phi) is 3.30. The van der Waals surface area contributed by atoms with Crippen molar-refractivity contribution in [2.75, 3.05) is 0 Å². The van der Waals surface area contributed by atoms with Gasteiger partial charge in [0.05, 0.1) is 19.4 Å². The second-order valence-corrected chi connectivity index (χ2v) is 12.2. The molecule has 0 saturated heterocycles. The normalized spacial score (nSPS) is 15.1. The van der Waals surface area contributed by atoms with Gasteiger partial charge in [0.15, 0.2) is 0 Å². The van der Waals surface area contributed by atoms with Crippen LogP contribution in [0.1, 0.15) is 29.1 Å². The summed E-state index contributed by atoms with van der Waals surface area (Å²) in [6.07, 6.45) is 1.71. The van der Waals surface area contributed by atoms with Gasteiger partial charge in [0.25, 0.3) is 0 Å². The lowest BCUT2D eigenvalue weighted by Gasteiger charge is -2.28. The number of halogens is 1. The minimum absolute atomic E-state index is 0.0461. The van der Waals surface area contributed by atoms with E-state index < -0.39 is 26.3 Å². The van der Waals surface area contributed by atoms with Gasteiger partial charge in [0.1, 0.15) is 5.82 Å². The topological polar surface area (TPSA) is 33.1 Å². The third-order valence-corrected chi connectivity index (χ3v) is 5.63. The molecule has 0 radical (unpaired) electrons. The maximum Gasteiger partial charge on any atom is 0.132 e. The average Bonchev–Trinajstić information content (AvgIpc) is 2.43. The van der Waals surface area contributed by atoms with Gasteiger partial charge in [-0.1, -0.05) is 25.7 Å². The minimum atomic E-state index is -2.35. The molecule has 0 aliphatic rings. The van der Waals surface area contributed by atoms with Gasteiger partial charge >= 0.3 is 0 Å². The number of rotatable bonds is 3. The molecule has 4 heteroatoms. The van der Waals surface area contributed by atoms with Crippen LogP contribution < -0.4 is 5.19 Å². The van der Waals surface area contributed by atoms with Gasteiger partial charge in [0.2, 0.25) is 0 Å². The summed E-state index contributed by atoms with van der Waals surface area (Å²) in [7, 11) is -1.75. The van der Waals surface area contributed by atoms with Crippen LogP contribution in [0.4, 0.5) is 4.39 Å². The van der Waals surface area contributed by atoms with E-state index in [2.05, 4.69) is 24.6 Å². The zero-order valence-corrected chi connectivity index (χ0v) is 14.7. The van der Waals surface area contributed by atoms with Crippen molar-refractivity contribution in [3.05, 3.63) is 47.4 Å². The van der Waals surface area contributed by atoms with Gasteiger partial charge in [-0.15, -0.1) is 0 Å². The van der Waals surface area contributed by atoms with Crippen molar-refractivity contribution in [1.82, 2.24) is 4.98 Å². The van der Waals surface area contributed by atoms with Crippen LogP contribution in [0.3, 0.4) is 0 Å². The molecule has 0 spiro atoms. The second-order valence-electron chi connectivity index (χ2n) is 7.12. The predicted octanol–water partition coefficient (Wildman–Crippen LogP) is 3.97. The van der Waals surface area contributed by atoms with Crippen LogP contribution in [0.5, 0.6) is 0 Å². The molecule has 0 atom stereocenters. The minimum Gasteiger partial charge on any atom is -0.386 e. The Morgan fingerprint density at radius 3 is 2.41 bits per heavy atom. The quantitative estimate of drug-likeness (QED) is 0.868. The van der Waals surface area contributed by atoms with E-state index in [-0.39, 0.29) is 11.1 Å². The summed E-state index contributed by atoms with van der Waals surface area (Å²) in [5.41, 5.74) is 0.211. The highest BCUT2D eigenvalue weighted by Crippen LogP contribution is 2.27. The number of aryl methyl sites for hydroxylation is 1. The molecule has 1 heterocycles. The lowest BCUT2D eigenvalue weighted by molar-refractivity contribution is 0.0795. The molecule has 0 fully saturated rings. The zero-order chi connectivity index (χ0) is 19.2. The Bertz CT molecular complexity index is 792. The van der Waals surface area contributed by atoms with Gasteiger partial charge in [-0.05, 0) is 55.2 Å². The molecule has 22 heavy (non-hydrogen) atoms. The van der Waals surface area contributed by atoms with E-state index in [1.165, 1.54) is 12.1 Å². The van der Waals surface area contributed by atoms with Gasteiger partial charge in [-0.3, -0.25) is 4.98 Å². The Balaban J connectivity index is 2.62. The van der Waals surface area contributed by atoms with Gasteiger partial charge in [0, 0.05) is 15.9 Å². The molecule has 2 rings (SSSR count). The Morgan fingerprint density at radius 1 is 1.23 bits per heavy atom. The molecule has 2 aromatic rings. The van der Waals surface area contributed by atoms with Crippen LogP contribution in [-0.4, -0.2) is 18.2 Å². The highest BCUT2D eigenvalue weighted by Gasteiger charge is 2.28. The number of aliphatic hydroxyl groups is 1. The van der Waals surface area contributed by atoms with E-state index in [1.807, 2.05) is 0 Å². The Labute approximate surface area is 137 Å². The number of nitrogens with zero attached hydrogens (tertiary/aromatic N) is 1. The first kappa shape index (κ1) is 13.0. The van der Waals surface area contributed by atoms with E-state index in [9.17, 15) is 9.50 Å². The van der Waals surface area contributed by atoms with Crippen molar-refractivity contribution < 1.29 is 13.6 Å². The van der Waals surface area contributed by atoms with Crippen molar-refractivity contribution in [3.63, 3.8) is 0 Å². The Morgan fingerprint density at radius 2 is 1.91 bits per heavy atom. The zero-order valence-electron chi connectivity index (χ0n) is 16.7. The highest BCUT2D eigenvalue weighted by molar-refractivity contribution is 6.89. The van der Waals surface area contributed by atoms with Gasteiger partial charge in [-0.25, -0.2) is 4.39 Å². The summed E-state index contributed by atoms with van der Waals surface area (Å²) in [4.78, 5) is 4.39. The number of benzene rings is 1. The van der Waals surface area contributed by atoms with Crippen LogP contribution in [0.25, 0.3) is 11.3 Å². The van der Waals surface area contributed by atoms with Gasteiger partial charge in [-0.2, -0.15) is 0 Å². The molecule has 0 bridgehead atoms. The molecule has 0 aliphatic heterocycles. The SMILES string of the molecule is [2H]C([2H])([2H])c1ccc(-c2cc(C(C)(C)O)c([Si](C)(C)C)cn2)c(F)c1. The van der Waals surface area contributed by atoms with Gasteiger partial charge < -0.3 is 5.11 Å². The maximum absolute atomic E-state index is 14.5. The standard InChI is InChI=1S/C18H24FNOSi/c1-12-7-8-13(15(19)9-12)16-10-14(18(2,3)21)17(11-20-16)22(4,5)6/h7-11,21H,1-6H3/i1D3. The summed E-state index contributed by atoms with van der Waals surface area (Å²) >= 11 is 0. The summed E-state index contributed by atoms with van der Waals surface area (Å²) in [5, 5.41) is 11.6. The fraction of sp³-hybridized carbons (Fsp3) is 0.389. The Hall–Kier alpha value is -1.52. The van der Waals surface area contributed by atoms with Crippen molar-refractivity contribution >= 4 is 13.3 Å². The van der Waals surface area contributed by atoms with Crippen molar-refractivity contribution in [2.24, 2.45) is 0 Å².